The molecule has 0 unspecified atom stereocenters. The van der Waals surface area contributed by atoms with Crippen molar-refractivity contribution < 1.29 is 4.39 Å². The summed E-state index contributed by atoms with van der Waals surface area (Å²) < 4.78 is 14.8. The topological polar surface area (TPSA) is 83.2 Å². The number of benzene rings is 1. The normalized spacial score (nSPS) is 14.6. The van der Waals surface area contributed by atoms with E-state index < -0.39 is 0 Å². The number of nitrogens with one attached hydrogen (secondary N) is 1. The third-order valence-corrected chi connectivity index (χ3v) is 5.46. The van der Waals surface area contributed by atoms with E-state index in [1.54, 1.807) is 6.20 Å². The van der Waals surface area contributed by atoms with Gasteiger partial charge in [0.15, 0.2) is 0 Å². The van der Waals surface area contributed by atoms with Gasteiger partial charge < -0.3 is 20.9 Å². The molecule has 1 fully saturated rings. The third kappa shape index (κ3) is 5.34. The fraction of sp³-hybridized carbons (Fsp3) is 0.348. The van der Waals surface area contributed by atoms with Gasteiger partial charge in [0.05, 0.1) is 11.4 Å². The average Bonchev–Trinajstić information content (AvgIpc) is 2.79. The third-order valence-electron chi connectivity index (χ3n) is 5.46. The van der Waals surface area contributed by atoms with Crippen LogP contribution in [0.3, 0.4) is 0 Å². The Labute approximate surface area is 182 Å². The van der Waals surface area contributed by atoms with Crippen LogP contribution in [-0.4, -0.2) is 59.6 Å². The van der Waals surface area contributed by atoms with Crippen LogP contribution in [0.2, 0.25) is 0 Å². The Morgan fingerprint density at radius 1 is 1.06 bits per heavy atom. The van der Waals surface area contributed by atoms with E-state index in [-0.39, 0.29) is 5.82 Å². The maximum absolute atomic E-state index is 14.8. The van der Waals surface area contributed by atoms with Crippen LogP contribution in [0.1, 0.15) is 12.1 Å². The highest BCUT2D eigenvalue weighted by atomic mass is 19.1. The van der Waals surface area contributed by atoms with E-state index in [2.05, 4.69) is 37.1 Å². The molecule has 0 saturated carbocycles. The minimum absolute atomic E-state index is 0.247. The van der Waals surface area contributed by atoms with Crippen LogP contribution in [0.15, 0.2) is 48.8 Å². The smallest absolute Gasteiger partial charge is 0.227 e. The Bertz CT molecular complexity index is 1000. The van der Waals surface area contributed by atoms with Gasteiger partial charge in [0.25, 0.3) is 0 Å². The van der Waals surface area contributed by atoms with Crippen molar-refractivity contribution in [1.82, 2.24) is 19.9 Å². The first-order chi connectivity index (χ1) is 15.1. The van der Waals surface area contributed by atoms with E-state index in [0.717, 1.165) is 56.0 Å². The molecule has 3 heterocycles. The van der Waals surface area contributed by atoms with Crippen molar-refractivity contribution in [2.75, 3.05) is 50.0 Å². The number of pyridine rings is 1. The quantitative estimate of drug-likeness (QED) is 0.607. The average molecular weight is 422 g/mol. The van der Waals surface area contributed by atoms with Crippen molar-refractivity contribution in [3.05, 3.63) is 60.3 Å². The molecule has 1 aromatic carbocycles. The van der Waals surface area contributed by atoms with E-state index in [9.17, 15) is 4.39 Å². The molecule has 0 radical (unpaired) electrons. The number of hydrogen-bond donors (Lipinski definition) is 2. The zero-order valence-electron chi connectivity index (χ0n) is 17.8. The van der Waals surface area contributed by atoms with Crippen molar-refractivity contribution in [2.24, 2.45) is 5.73 Å². The summed E-state index contributed by atoms with van der Waals surface area (Å²) in [7, 11) is 2.08. The maximum atomic E-state index is 14.8. The maximum Gasteiger partial charge on any atom is 0.227 e. The number of hydrogen-bond acceptors (Lipinski definition) is 7. The van der Waals surface area contributed by atoms with E-state index in [0.29, 0.717) is 23.9 Å². The minimum Gasteiger partial charge on any atom is -0.367 e. The highest BCUT2D eigenvalue weighted by Crippen LogP contribution is 2.26. The van der Waals surface area contributed by atoms with Crippen LogP contribution in [0.25, 0.3) is 11.3 Å². The first kappa shape index (κ1) is 21.1. The number of aryl methyl sites for hydroxylation is 1. The lowest BCUT2D eigenvalue weighted by molar-refractivity contribution is 0.311. The molecule has 0 bridgehead atoms. The molecule has 31 heavy (non-hydrogen) atoms. The fourth-order valence-corrected chi connectivity index (χ4v) is 3.60. The lowest BCUT2D eigenvalue weighted by Crippen LogP contribution is -2.44. The van der Waals surface area contributed by atoms with Crippen molar-refractivity contribution in [1.29, 1.82) is 0 Å². The molecule has 0 aliphatic carbocycles. The summed E-state index contributed by atoms with van der Waals surface area (Å²) in [5.74, 6) is 0.166. The van der Waals surface area contributed by atoms with Crippen LogP contribution in [0.5, 0.6) is 0 Å². The van der Waals surface area contributed by atoms with Gasteiger partial charge in [0.1, 0.15) is 5.82 Å². The molecule has 2 aromatic heterocycles. The Balaban J connectivity index is 1.45. The van der Waals surface area contributed by atoms with Crippen LogP contribution < -0.4 is 16.0 Å². The van der Waals surface area contributed by atoms with Crippen molar-refractivity contribution in [3.63, 3.8) is 0 Å². The SMILES string of the molecule is CN1CCN(c2ccc(Nc3nccc(-c4ccc(CCCN)nc4)n3)cc2F)CC1. The second-order valence-electron chi connectivity index (χ2n) is 7.78. The van der Waals surface area contributed by atoms with Gasteiger partial charge in [-0.05, 0) is 62.8 Å². The molecule has 0 amide bonds. The summed E-state index contributed by atoms with van der Waals surface area (Å²) in [4.78, 5) is 17.6. The van der Waals surface area contributed by atoms with E-state index in [1.165, 1.54) is 6.07 Å². The van der Waals surface area contributed by atoms with Gasteiger partial charge in [-0.15, -0.1) is 0 Å². The van der Waals surface area contributed by atoms with Crippen LogP contribution >= 0.6 is 0 Å². The molecular formula is C23H28FN7. The highest BCUT2D eigenvalue weighted by molar-refractivity contribution is 5.63. The van der Waals surface area contributed by atoms with Gasteiger partial charge in [-0.1, -0.05) is 0 Å². The molecular weight excluding hydrogens is 393 g/mol. The molecule has 3 aromatic rings. The second kappa shape index (κ2) is 9.80. The van der Waals surface area contributed by atoms with Crippen molar-refractivity contribution in [2.45, 2.75) is 12.8 Å². The van der Waals surface area contributed by atoms with Crippen LogP contribution in [-0.2, 0) is 6.42 Å². The molecule has 0 spiro atoms. The molecule has 3 N–H and O–H groups in total. The lowest BCUT2D eigenvalue weighted by Gasteiger charge is -2.34. The van der Waals surface area contributed by atoms with E-state index >= 15 is 0 Å². The molecule has 4 rings (SSSR count). The summed E-state index contributed by atoms with van der Waals surface area (Å²) in [5.41, 5.74) is 9.47. The van der Waals surface area contributed by atoms with Gasteiger partial charge in [-0.3, -0.25) is 4.98 Å². The summed E-state index contributed by atoms with van der Waals surface area (Å²) >= 11 is 0. The Morgan fingerprint density at radius 3 is 2.61 bits per heavy atom. The standard InChI is InChI=1S/C23H28FN7/c1-30-11-13-31(14-12-30)22-7-6-19(15-20(22)24)28-23-26-10-8-21(29-23)17-4-5-18(27-16-17)3-2-9-25/h4-8,10,15-16H,2-3,9,11-14,25H2,1H3,(H,26,28,29). The van der Waals surface area contributed by atoms with Gasteiger partial charge in [-0.25, -0.2) is 14.4 Å². The predicted octanol–water partition coefficient (Wildman–Crippen LogP) is 3.06. The zero-order valence-corrected chi connectivity index (χ0v) is 17.8. The minimum atomic E-state index is -0.247. The van der Waals surface area contributed by atoms with E-state index in [1.807, 2.05) is 36.5 Å². The van der Waals surface area contributed by atoms with Crippen LogP contribution in [0, 0.1) is 5.82 Å². The molecule has 1 aliphatic rings. The first-order valence-electron chi connectivity index (χ1n) is 10.6. The number of halogens is 1. The number of likely N-dealkylation sites (N-methyl/N-ethyl adjacent to an activating group) is 1. The summed E-state index contributed by atoms with van der Waals surface area (Å²) in [6.45, 7) is 4.17. The molecule has 1 aliphatic heterocycles. The number of rotatable bonds is 7. The largest absolute Gasteiger partial charge is 0.367 e. The summed E-state index contributed by atoms with van der Waals surface area (Å²) in [6.07, 6.45) is 5.27. The van der Waals surface area contributed by atoms with Gasteiger partial charge in [-0.2, -0.15) is 0 Å². The van der Waals surface area contributed by atoms with Gasteiger partial charge in [0.2, 0.25) is 5.95 Å². The molecule has 0 atom stereocenters. The molecule has 1 saturated heterocycles. The number of nitrogens with two attached hydrogens (primary N) is 1. The highest BCUT2D eigenvalue weighted by Gasteiger charge is 2.17. The zero-order chi connectivity index (χ0) is 21.6. The Hall–Kier alpha value is -3.10. The van der Waals surface area contributed by atoms with Crippen LogP contribution in [0.4, 0.5) is 21.7 Å². The van der Waals surface area contributed by atoms with Crippen molar-refractivity contribution in [3.8, 4) is 11.3 Å². The molecule has 7 nitrogen and oxygen atoms in total. The Kier molecular flexibility index (Phi) is 6.69. The fourth-order valence-electron chi connectivity index (χ4n) is 3.60. The van der Waals surface area contributed by atoms with Gasteiger partial charge in [0, 0.05) is 55.5 Å². The lowest BCUT2D eigenvalue weighted by atomic mass is 10.1. The predicted molar refractivity (Wildman–Crippen MR) is 122 cm³/mol. The molecule has 8 heteroatoms. The second-order valence-corrected chi connectivity index (χ2v) is 7.78. The van der Waals surface area contributed by atoms with Crippen molar-refractivity contribution >= 4 is 17.3 Å². The number of anilines is 3. The first-order valence-corrected chi connectivity index (χ1v) is 10.6. The molecule has 162 valence electrons. The van der Waals surface area contributed by atoms with Gasteiger partial charge >= 0.3 is 0 Å². The monoisotopic (exact) mass is 421 g/mol. The number of aromatic nitrogens is 3. The number of piperazine rings is 1. The van der Waals surface area contributed by atoms with E-state index in [4.69, 9.17) is 5.73 Å². The Morgan fingerprint density at radius 2 is 1.90 bits per heavy atom. The summed E-state index contributed by atoms with van der Waals surface area (Å²) in [5, 5.41) is 3.11. The number of nitrogens with zero attached hydrogens (tertiary/aromatic N) is 5. The summed E-state index contributed by atoms with van der Waals surface area (Å²) in [6, 6.07) is 11.0.